The van der Waals surface area contributed by atoms with E-state index in [4.69, 9.17) is 4.74 Å². The van der Waals surface area contributed by atoms with Crippen LogP contribution in [0.25, 0.3) is 5.57 Å². The smallest absolute Gasteiger partial charge is 0.277 e. The number of hydrogen-bond acceptors (Lipinski definition) is 5. The molecule has 0 spiro atoms. The Kier molecular flexibility index (Phi) is 7.54. The molecule has 162 valence electrons. The number of aromatic nitrogens is 2. The minimum absolute atomic E-state index is 0.00291. The number of ether oxygens (including phenoxy) is 1. The molecule has 0 saturated carbocycles. The monoisotopic (exact) mass is 413 g/mol. The minimum Gasteiger partial charge on any atom is -0.477 e. The van der Waals surface area contributed by atoms with Gasteiger partial charge in [-0.05, 0) is 65.2 Å². The van der Waals surface area contributed by atoms with Gasteiger partial charge in [0, 0.05) is 18.2 Å². The summed E-state index contributed by atoms with van der Waals surface area (Å²) in [5, 5.41) is 16.1. The second kappa shape index (κ2) is 9.69. The van der Waals surface area contributed by atoms with Crippen LogP contribution in [0.2, 0.25) is 0 Å². The summed E-state index contributed by atoms with van der Waals surface area (Å²) in [6.07, 6.45) is 1.86. The van der Waals surface area contributed by atoms with Crippen molar-refractivity contribution in [3.05, 3.63) is 55.8 Å². The lowest BCUT2D eigenvalue weighted by Gasteiger charge is -2.14. The van der Waals surface area contributed by atoms with Crippen LogP contribution in [-0.2, 0) is 6.54 Å². The average Bonchev–Trinajstić information content (AvgIpc) is 3.01. The van der Waals surface area contributed by atoms with Crippen LogP contribution in [-0.4, -0.2) is 27.1 Å². The summed E-state index contributed by atoms with van der Waals surface area (Å²) < 4.78 is 7.64. The highest BCUT2D eigenvalue weighted by molar-refractivity contribution is 6.12. The topological polar surface area (TPSA) is 87.3 Å². The average molecular weight is 414 g/mol. The van der Waals surface area contributed by atoms with E-state index in [0.717, 1.165) is 24.0 Å². The number of aryl methyl sites for hydroxylation is 2. The summed E-state index contributed by atoms with van der Waals surface area (Å²) >= 11 is 0. The molecule has 0 radical (unpaired) electrons. The van der Waals surface area contributed by atoms with Crippen LogP contribution in [0.4, 0.5) is 5.69 Å². The number of hydrogen-bond donors (Lipinski definition) is 0. The molecule has 0 aliphatic heterocycles. The first-order chi connectivity index (χ1) is 14.1. The summed E-state index contributed by atoms with van der Waals surface area (Å²) in [6, 6.07) is 2.95. The third-order valence-electron chi connectivity index (χ3n) is 5.35. The van der Waals surface area contributed by atoms with E-state index in [2.05, 4.69) is 12.0 Å². The molecule has 0 saturated heterocycles. The van der Waals surface area contributed by atoms with E-state index < -0.39 is 4.92 Å². The van der Waals surface area contributed by atoms with E-state index in [-0.39, 0.29) is 11.5 Å². The first-order valence-corrected chi connectivity index (χ1v) is 10.3. The van der Waals surface area contributed by atoms with Gasteiger partial charge in [-0.1, -0.05) is 18.9 Å². The fourth-order valence-electron chi connectivity index (χ4n) is 3.45. The molecule has 0 N–H and O–H groups in total. The van der Waals surface area contributed by atoms with Crippen LogP contribution in [0.5, 0.6) is 5.88 Å². The maximum Gasteiger partial charge on any atom is 0.277 e. The molecule has 1 aromatic heterocycles. The van der Waals surface area contributed by atoms with Crippen LogP contribution in [0.1, 0.15) is 80.2 Å². The van der Waals surface area contributed by atoms with Crippen LogP contribution < -0.4 is 4.74 Å². The van der Waals surface area contributed by atoms with Crippen LogP contribution in [0, 0.1) is 24.0 Å². The van der Waals surface area contributed by atoms with Crippen molar-refractivity contribution in [3.8, 4) is 5.88 Å². The Labute approximate surface area is 177 Å². The first kappa shape index (κ1) is 23.3. The standard InChI is InChI=1S/C23H31N3O4/c1-8-10-13-30-23-21(17(7)24-25(23)9-2)22(27)18-11-12-19(26(28)29)20(16(18)6)15(5)14(3)4/h11-12H,8-10,13H2,1-7H3. The molecule has 2 rings (SSSR count). The Bertz CT molecular complexity index is 998. The number of allylic oxidation sites excluding steroid dienone is 2. The molecule has 7 nitrogen and oxygen atoms in total. The maximum atomic E-state index is 13.6. The molecule has 1 aromatic carbocycles. The van der Waals surface area contributed by atoms with E-state index in [1.165, 1.54) is 12.1 Å². The zero-order valence-electron chi connectivity index (χ0n) is 19.0. The molecule has 0 fully saturated rings. The number of nitro groups is 1. The van der Waals surface area contributed by atoms with Crippen molar-refractivity contribution in [2.75, 3.05) is 6.61 Å². The van der Waals surface area contributed by atoms with Crippen molar-refractivity contribution >= 4 is 17.0 Å². The van der Waals surface area contributed by atoms with Gasteiger partial charge in [-0.2, -0.15) is 5.10 Å². The van der Waals surface area contributed by atoms with Gasteiger partial charge in [-0.25, -0.2) is 4.68 Å². The van der Waals surface area contributed by atoms with Gasteiger partial charge in [0.05, 0.1) is 22.8 Å². The molecule has 7 heteroatoms. The van der Waals surface area contributed by atoms with Crippen molar-refractivity contribution in [3.63, 3.8) is 0 Å². The third kappa shape index (κ3) is 4.45. The number of ketones is 1. The van der Waals surface area contributed by atoms with Gasteiger partial charge >= 0.3 is 0 Å². The molecular formula is C23H31N3O4. The molecule has 0 unspecified atom stereocenters. The van der Waals surface area contributed by atoms with E-state index in [9.17, 15) is 14.9 Å². The molecule has 2 aromatic rings. The normalized spacial score (nSPS) is 10.8. The lowest BCUT2D eigenvalue weighted by molar-refractivity contribution is -0.385. The number of nitrogens with zero attached hydrogens (tertiary/aromatic N) is 3. The second-order valence-electron chi connectivity index (χ2n) is 7.63. The van der Waals surface area contributed by atoms with Crippen molar-refractivity contribution < 1.29 is 14.5 Å². The molecule has 0 amide bonds. The van der Waals surface area contributed by atoms with Gasteiger partial charge in [0.1, 0.15) is 5.56 Å². The number of carbonyl (C=O) groups excluding carboxylic acids is 1. The zero-order chi connectivity index (χ0) is 22.6. The fourth-order valence-corrected chi connectivity index (χ4v) is 3.45. The van der Waals surface area contributed by atoms with E-state index >= 15 is 0 Å². The summed E-state index contributed by atoms with van der Waals surface area (Å²) in [6.45, 7) is 14.3. The van der Waals surface area contributed by atoms with Crippen LogP contribution in [0.3, 0.4) is 0 Å². The zero-order valence-corrected chi connectivity index (χ0v) is 19.0. The quantitative estimate of drug-likeness (QED) is 0.229. The summed E-state index contributed by atoms with van der Waals surface area (Å²) in [5.41, 5.74) is 4.30. The molecule has 0 bridgehead atoms. The van der Waals surface area contributed by atoms with Gasteiger partial charge in [-0.15, -0.1) is 0 Å². The molecule has 1 heterocycles. The second-order valence-corrected chi connectivity index (χ2v) is 7.63. The number of nitro benzene ring substituents is 1. The Hall–Kier alpha value is -2.96. The highest BCUT2D eigenvalue weighted by Crippen LogP contribution is 2.35. The van der Waals surface area contributed by atoms with Gasteiger partial charge in [-0.3, -0.25) is 14.9 Å². The van der Waals surface area contributed by atoms with Gasteiger partial charge in [0.2, 0.25) is 11.7 Å². The maximum absolute atomic E-state index is 13.6. The van der Waals surface area contributed by atoms with E-state index in [1.807, 2.05) is 27.7 Å². The molecule has 0 aliphatic carbocycles. The van der Waals surface area contributed by atoms with Crippen molar-refractivity contribution in [2.24, 2.45) is 0 Å². The molecule has 0 aliphatic rings. The van der Waals surface area contributed by atoms with Crippen LogP contribution in [0.15, 0.2) is 17.7 Å². The lowest BCUT2D eigenvalue weighted by atomic mass is 9.90. The first-order valence-electron chi connectivity index (χ1n) is 10.3. The number of rotatable bonds is 9. The number of carbonyl (C=O) groups is 1. The van der Waals surface area contributed by atoms with Gasteiger partial charge < -0.3 is 4.74 Å². The minimum atomic E-state index is -0.400. The fraction of sp³-hybridized carbons (Fsp3) is 0.478. The van der Waals surface area contributed by atoms with Crippen LogP contribution >= 0.6 is 0 Å². The predicted octanol–water partition coefficient (Wildman–Crippen LogP) is 5.65. The molecule has 30 heavy (non-hydrogen) atoms. The summed E-state index contributed by atoms with van der Waals surface area (Å²) in [5.74, 6) is 0.237. The van der Waals surface area contributed by atoms with Gasteiger partial charge in [0.25, 0.3) is 5.69 Å². The number of benzene rings is 1. The Morgan fingerprint density at radius 1 is 1.17 bits per heavy atom. The largest absolute Gasteiger partial charge is 0.477 e. The molecule has 0 atom stereocenters. The Balaban J connectivity index is 2.68. The Morgan fingerprint density at radius 2 is 1.83 bits per heavy atom. The highest BCUT2D eigenvalue weighted by Gasteiger charge is 2.28. The van der Waals surface area contributed by atoms with E-state index in [0.29, 0.717) is 47.0 Å². The third-order valence-corrected chi connectivity index (χ3v) is 5.35. The van der Waals surface area contributed by atoms with Crippen molar-refractivity contribution in [2.45, 2.75) is 67.9 Å². The molecular weight excluding hydrogens is 382 g/mol. The van der Waals surface area contributed by atoms with E-state index in [1.54, 1.807) is 18.5 Å². The predicted molar refractivity (Wildman–Crippen MR) is 118 cm³/mol. The van der Waals surface area contributed by atoms with Crippen molar-refractivity contribution in [1.29, 1.82) is 0 Å². The highest BCUT2D eigenvalue weighted by atomic mass is 16.6. The Morgan fingerprint density at radius 3 is 2.37 bits per heavy atom. The SMILES string of the molecule is CCCCOc1c(C(=O)c2ccc([N+](=O)[O-])c(C(C)=C(C)C)c2C)c(C)nn1CC. The van der Waals surface area contributed by atoms with Crippen molar-refractivity contribution in [1.82, 2.24) is 9.78 Å². The summed E-state index contributed by atoms with van der Waals surface area (Å²) in [7, 11) is 0. The lowest BCUT2D eigenvalue weighted by Crippen LogP contribution is -2.11. The number of unbranched alkanes of at least 4 members (excludes halogenated alkanes) is 1. The summed E-state index contributed by atoms with van der Waals surface area (Å²) in [4.78, 5) is 24.8. The van der Waals surface area contributed by atoms with Gasteiger partial charge in [0.15, 0.2) is 0 Å².